The van der Waals surface area contributed by atoms with E-state index in [4.69, 9.17) is 0 Å². The minimum Gasteiger partial charge on any atom is -0.318 e. The quantitative estimate of drug-likeness (QED) is 0.281. The fraction of sp³-hybridized carbons (Fsp3) is 0.130. The zero-order valence-corrected chi connectivity index (χ0v) is 17.3. The number of carbonyl (C=O) groups is 2. The molecule has 1 aromatic heterocycles. The van der Waals surface area contributed by atoms with E-state index in [2.05, 4.69) is 5.32 Å². The van der Waals surface area contributed by atoms with E-state index in [0.29, 0.717) is 5.56 Å². The lowest BCUT2D eigenvalue weighted by Gasteiger charge is -2.12. The molecule has 0 radical (unpaired) electrons. The van der Waals surface area contributed by atoms with Crippen LogP contribution in [-0.4, -0.2) is 26.3 Å². The number of amides is 3. The van der Waals surface area contributed by atoms with Gasteiger partial charge in [0.05, 0.1) is 11.5 Å². The normalized spacial score (nSPS) is 14.8. The van der Waals surface area contributed by atoms with Gasteiger partial charge in [0.25, 0.3) is 11.6 Å². The monoisotopic (exact) mass is 434 g/mol. The Morgan fingerprint density at radius 2 is 1.78 bits per heavy atom. The number of non-ortho nitro benzene ring substituents is 1. The van der Waals surface area contributed by atoms with Crippen LogP contribution in [0.25, 0.3) is 11.8 Å². The van der Waals surface area contributed by atoms with E-state index in [1.165, 1.54) is 30.3 Å². The number of carbonyl (C=O) groups excluding carboxylic acids is 2. The molecule has 0 unspecified atom stereocenters. The summed E-state index contributed by atoms with van der Waals surface area (Å²) in [6, 6.07) is 13.4. The molecule has 1 aliphatic heterocycles. The number of urea groups is 1. The molecule has 3 aromatic rings. The number of aryl methyl sites for hydroxylation is 1. The van der Waals surface area contributed by atoms with Crippen molar-refractivity contribution in [3.8, 4) is 5.69 Å². The summed E-state index contributed by atoms with van der Waals surface area (Å²) >= 11 is 0. The lowest BCUT2D eigenvalue weighted by atomic mass is 10.2. The van der Waals surface area contributed by atoms with E-state index in [0.717, 1.165) is 22.0 Å². The maximum Gasteiger partial charge on any atom is 0.329 e. The zero-order valence-electron chi connectivity index (χ0n) is 17.3. The molecule has 1 saturated heterocycles. The smallest absolute Gasteiger partial charge is 0.318 e. The summed E-state index contributed by atoms with van der Waals surface area (Å²) in [5, 5.41) is 13.4. The van der Waals surface area contributed by atoms with Crippen LogP contribution in [0.1, 0.15) is 22.5 Å². The number of benzene rings is 2. The Bertz CT molecular complexity index is 1280. The number of nitro groups is 1. The first-order valence-corrected chi connectivity index (χ1v) is 9.78. The number of aromatic nitrogens is 1. The van der Waals surface area contributed by atoms with Crippen molar-refractivity contribution < 1.29 is 18.9 Å². The van der Waals surface area contributed by atoms with Gasteiger partial charge in [-0.15, -0.1) is 0 Å². The van der Waals surface area contributed by atoms with Gasteiger partial charge in [0.15, 0.2) is 0 Å². The first kappa shape index (κ1) is 21.0. The first-order valence-electron chi connectivity index (χ1n) is 9.78. The minimum absolute atomic E-state index is 0.00670. The highest BCUT2D eigenvalue weighted by Crippen LogP contribution is 2.25. The second-order valence-electron chi connectivity index (χ2n) is 7.41. The Balaban J connectivity index is 1.62. The van der Waals surface area contributed by atoms with E-state index in [-0.39, 0.29) is 23.5 Å². The van der Waals surface area contributed by atoms with Crippen molar-refractivity contribution in [1.82, 2.24) is 14.8 Å². The molecule has 4 rings (SSSR count). The molecular formula is C23H19FN4O4. The third kappa shape index (κ3) is 3.76. The van der Waals surface area contributed by atoms with Crippen molar-refractivity contribution in [3.05, 3.63) is 98.7 Å². The summed E-state index contributed by atoms with van der Waals surface area (Å²) in [7, 11) is 0. The lowest BCUT2D eigenvalue weighted by Crippen LogP contribution is -2.30. The van der Waals surface area contributed by atoms with Crippen LogP contribution in [-0.2, 0) is 11.3 Å². The minimum atomic E-state index is -0.617. The molecule has 1 aliphatic rings. The van der Waals surface area contributed by atoms with E-state index in [9.17, 15) is 24.1 Å². The van der Waals surface area contributed by atoms with Crippen LogP contribution in [0.15, 0.2) is 60.3 Å². The summed E-state index contributed by atoms with van der Waals surface area (Å²) in [4.78, 5) is 36.5. The molecule has 0 aliphatic carbocycles. The lowest BCUT2D eigenvalue weighted by molar-refractivity contribution is -0.384. The number of nitrogens with zero attached hydrogens (tertiary/aromatic N) is 3. The van der Waals surface area contributed by atoms with Gasteiger partial charge in [-0.2, -0.15) is 0 Å². The van der Waals surface area contributed by atoms with Gasteiger partial charge in [0, 0.05) is 34.8 Å². The van der Waals surface area contributed by atoms with Gasteiger partial charge in [-0.05, 0) is 49.8 Å². The number of hydrogen-bond donors (Lipinski definition) is 1. The summed E-state index contributed by atoms with van der Waals surface area (Å²) in [6.07, 6.45) is 1.58. The molecule has 0 saturated carbocycles. The largest absolute Gasteiger partial charge is 0.329 e. The van der Waals surface area contributed by atoms with Gasteiger partial charge in [-0.3, -0.25) is 19.8 Å². The summed E-state index contributed by atoms with van der Waals surface area (Å²) in [6.45, 7) is 3.55. The Kier molecular flexibility index (Phi) is 5.31. The van der Waals surface area contributed by atoms with Crippen molar-refractivity contribution in [3.63, 3.8) is 0 Å². The number of halogens is 1. The maximum absolute atomic E-state index is 13.9. The number of imide groups is 1. The van der Waals surface area contributed by atoms with Gasteiger partial charge in [-0.25, -0.2) is 9.18 Å². The van der Waals surface area contributed by atoms with Gasteiger partial charge in [0.2, 0.25) is 0 Å². The van der Waals surface area contributed by atoms with E-state index in [1.807, 2.05) is 24.5 Å². The number of rotatable bonds is 5. The average molecular weight is 434 g/mol. The molecule has 9 heteroatoms. The second kappa shape index (κ2) is 8.10. The molecule has 1 N–H and O–H groups in total. The van der Waals surface area contributed by atoms with Crippen LogP contribution < -0.4 is 5.32 Å². The highest BCUT2D eigenvalue weighted by molar-refractivity contribution is 6.14. The molecule has 3 amide bonds. The predicted octanol–water partition coefficient (Wildman–Crippen LogP) is 4.23. The highest BCUT2D eigenvalue weighted by atomic mass is 19.1. The van der Waals surface area contributed by atoms with Gasteiger partial charge < -0.3 is 9.88 Å². The summed E-state index contributed by atoms with van der Waals surface area (Å²) in [5.41, 5.74) is 3.41. The van der Waals surface area contributed by atoms with E-state index < -0.39 is 22.7 Å². The van der Waals surface area contributed by atoms with Crippen molar-refractivity contribution in [2.45, 2.75) is 20.4 Å². The average Bonchev–Trinajstić information content (AvgIpc) is 3.19. The molecule has 162 valence electrons. The molecule has 32 heavy (non-hydrogen) atoms. The van der Waals surface area contributed by atoms with Crippen molar-refractivity contribution in [2.75, 3.05) is 0 Å². The van der Waals surface area contributed by atoms with Crippen molar-refractivity contribution in [2.24, 2.45) is 0 Å². The first-order chi connectivity index (χ1) is 15.3. The van der Waals surface area contributed by atoms with Crippen LogP contribution >= 0.6 is 0 Å². The highest BCUT2D eigenvalue weighted by Gasteiger charge is 2.34. The fourth-order valence-electron chi connectivity index (χ4n) is 3.72. The van der Waals surface area contributed by atoms with Crippen molar-refractivity contribution in [1.29, 1.82) is 0 Å². The molecule has 0 atom stereocenters. The SMILES string of the molecule is Cc1cc(C=C2NC(=O)N(Cc3ccccc3F)C2=O)c(C)n1-c1ccc([N+](=O)[O-])cc1. The molecule has 2 aromatic carbocycles. The molecule has 0 bridgehead atoms. The molecular weight excluding hydrogens is 415 g/mol. The summed E-state index contributed by atoms with van der Waals surface area (Å²) in [5.74, 6) is -1.03. The van der Waals surface area contributed by atoms with Crippen LogP contribution in [0.4, 0.5) is 14.9 Å². The Hall–Kier alpha value is -4.27. The Labute approximate surface area is 182 Å². The van der Waals surface area contributed by atoms with E-state index >= 15 is 0 Å². The third-order valence-electron chi connectivity index (χ3n) is 5.34. The maximum atomic E-state index is 13.9. The predicted molar refractivity (Wildman–Crippen MR) is 115 cm³/mol. The molecule has 1 fully saturated rings. The van der Waals surface area contributed by atoms with Crippen LogP contribution in [0.5, 0.6) is 0 Å². The number of nitrogens with one attached hydrogen (secondary N) is 1. The zero-order chi connectivity index (χ0) is 23.0. The number of nitro benzene ring substituents is 1. The summed E-state index contributed by atoms with van der Waals surface area (Å²) < 4.78 is 15.8. The molecule has 2 heterocycles. The fourth-order valence-corrected chi connectivity index (χ4v) is 3.72. The molecule has 0 spiro atoms. The standard InChI is InChI=1S/C23H19FN4O4/c1-14-11-17(15(2)27(14)18-7-9-19(10-8-18)28(31)32)12-21-22(29)26(23(30)25-21)13-16-5-3-4-6-20(16)24/h3-12H,13H2,1-2H3,(H,25,30). The number of hydrogen-bond acceptors (Lipinski definition) is 4. The Morgan fingerprint density at radius 3 is 2.44 bits per heavy atom. The van der Waals surface area contributed by atoms with Crippen LogP contribution in [0.2, 0.25) is 0 Å². The van der Waals surface area contributed by atoms with Crippen molar-refractivity contribution >= 4 is 23.7 Å². The molecule has 8 nitrogen and oxygen atoms in total. The van der Waals surface area contributed by atoms with Crippen LogP contribution in [0, 0.1) is 29.8 Å². The van der Waals surface area contributed by atoms with E-state index in [1.54, 1.807) is 24.3 Å². The third-order valence-corrected chi connectivity index (χ3v) is 5.34. The van der Waals surface area contributed by atoms with Gasteiger partial charge in [0.1, 0.15) is 11.5 Å². The second-order valence-corrected chi connectivity index (χ2v) is 7.41. The topological polar surface area (TPSA) is 97.5 Å². The Morgan fingerprint density at radius 1 is 1.09 bits per heavy atom. The van der Waals surface area contributed by atoms with Gasteiger partial charge in [-0.1, -0.05) is 18.2 Å². The van der Waals surface area contributed by atoms with Crippen LogP contribution in [0.3, 0.4) is 0 Å². The van der Waals surface area contributed by atoms with Gasteiger partial charge >= 0.3 is 6.03 Å².